The third-order valence-electron chi connectivity index (χ3n) is 2.79. The number of nitrogens with one attached hydrogen (secondary N) is 1. The molecule has 0 spiro atoms. The van der Waals surface area contributed by atoms with E-state index in [-0.39, 0.29) is 15.7 Å². The molecule has 0 saturated carbocycles. The van der Waals surface area contributed by atoms with Crippen molar-refractivity contribution < 1.29 is 13.2 Å². The number of carbonyl (C=O) groups excluding carboxylic acids is 1. The fourth-order valence-corrected chi connectivity index (χ4v) is 3.39. The summed E-state index contributed by atoms with van der Waals surface area (Å²) in [5, 5.41) is 2.56. The molecule has 0 heterocycles. The number of hydrogen-bond donors (Lipinski definition) is 1. The van der Waals surface area contributed by atoms with Crippen LogP contribution < -0.4 is 5.32 Å². The molecule has 104 valence electrons. The first-order valence-electron chi connectivity index (χ1n) is 6.09. The molecule has 2 aromatic rings. The molecule has 0 aliphatic rings. The quantitative estimate of drug-likeness (QED) is 0.945. The average molecular weight is 289 g/mol. The Bertz CT molecular complexity index is 737. The van der Waals surface area contributed by atoms with Gasteiger partial charge in [0.05, 0.1) is 15.5 Å². The number of amides is 1. The number of benzene rings is 2. The van der Waals surface area contributed by atoms with Gasteiger partial charge in [-0.15, -0.1) is 0 Å². The van der Waals surface area contributed by atoms with Gasteiger partial charge in [0.1, 0.15) is 0 Å². The molecule has 0 bridgehead atoms. The van der Waals surface area contributed by atoms with E-state index in [9.17, 15) is 13.2 Å². The van der Waals surface area contributed by atoms with Crippen molar-refractivity contribution in [3.05, 3.63) is 54.1 Å². The summed E-state index contributed by atoms with van der Waals surface area (Å²) in [6.07, 6.45) is 0. The maximum Gasteiger partial charge on any atom is 0.221 e. The van der Waals surface area contributed by atoms with Crippen LogP contribution in [0.25, 0.3) is 0 Å². The van der Waals surface area contributed by atoms with Gasteiger partial charge in [-0.1, -0.05) is 24.3 Å². The Balaban J connectivity index is 2.62. The maximum atomic E-state index is 12.6. The monoisotopic (exact) mass is 289 g/mol. The zero-order valence-electron chi connectivity index (χ0n) is 11.3. The zero-order valence-corrected chi connectivity index (χ0v) is 12.1. The Kier molecular flexibility index (Phi) is 3.90. The Labute approximate surface area is 118 Å². The van der Waals surface area contributed by atoms with Crippen LogP contribution in [0.3, 0.4) is 0 Å². The summed E-state index contributed by atoms with van der Waals surface area (Å²) in [7, 11) is -3.65. The fourth-order valence-electron chi connectivity index (χ4n) is 1.87. The SMILES string of the molecule is CC(=O)Nc1ccc(C)cc1S(=O)(=O)c1ccccc1. The highest BCUT2D eigenvalue weighted by molar-refractivity contribution is 7.91. The highest BCUT2D eigenvalue weighted by Gasteiger charge is 2.21. The Morgan fingerprint density at radius 2 is 1.70 bits per heavy atom. The Morgan fingerprint density at radius 1 is 1.05 bits per heavy atom. The van der Waals surface area contributed by atoms with E-state index in [2.05, 4.69) is 5.32 Å². The van der Waals surface area contributed by atoms with Crippen LogP contribution in [0.2, 0.25) is 0 Å². The van der Waals surface area contributed by atoms with Crippen LogP contribution in [0, 0.1) is 6.92 Å². The Hall–Kier alpha value is -2.14. The van der Waals surface area contributed by atoms with Gasteiger partial charge in [-0.3, -0.25) is 4.79 Å². The summed E-state index contributed by atoms with van der Waals surface area (Å²) < 4.78 is 25.3. The minimum atomic E-state index is -3.65. The molecule has 0 saturated heterocycles. The van der Waals surface area contributed by atoms with E-state index in [4.69, 9.17) is 0 Å². The van der Waals surface area contributed by atoms with Gasteiger partial charge in [-0.05, 0) is 36.8 Å². The van der Waals surface area contributed by atoms with E-state index in [1.54, 1.807) is 36.4 Å². The second kappa shape index (κ2) is 5.46. The second-order valence-corrected chi connectivity index (χ2v) is 6.42. The standard InChI is InChI=1S/C15H15NO3S/c1-11-8-9-14(16-12(2)17)15(10-11)20(18,19)13-6-4-3-5-7-13/h3-10H,1-2H3,(H,16,17). The summed E-state index contributed by atoms with van der Waals surface area (Å²) in [6.45, 7) is 3.15. The largest absolute Gasteiger partial charge is 0.325 e. The molecule has 20 heavy (non-hydrogen) atoms. The molecule has 4 nitrogen and oxygen atoms in total. The van der Waals surface area contributed by atoms with Gasteiger partial charge in [-0.2, -0.15) is 0 Å². The molecule has 0 aliphatic carbocycles. The van der Waals surface area contributed by atoms with Crippen LogP contribution in [0.15, 0.2) is 58.3 Å². The maximum absolute atomic E-state index is 12.6. The lowest BCUT2D eigenvalue weighted by Gasteiger charge is -2.12. The van der Waals surface area contributed by atoms with E-state index in [1.165, 1.54) is 19.1 Å². The van der Waals surface area contributed by atoms with Gasteiger partial charge in [0.25, 0.3) is 0 Å². The van der Waals surface area contributed by atoms with Crippen molar-refractivity contribution in [2.24, 2.45) is 0 Å². The zero-order chi connectivity index (χ0) is 14.8. The molecule has 1 N–H and O–H groups in total. The predicted octanol–water partition coefficient (Wildman–Crippen LogP) is 2.79. The van der Waals surface area contributed by atoms with Gasteiger partial charge < -0.3 is 5.32 Å². The van der Waals surface area contributed by atoms with Crippen LogP contribution in [0.4, 0.5) is 5.69 Å². The number of anilines is 1. The number of hydrogen-bond acceptors (Lipinski definition) is 3. The molecule has 0 radical (unpaired) electrons. The lowest BCUT2D eigenvalue weighted by molar-refractivity contribution is -0.114. The average Bonchev–Trinajstić information content (AvgIpc) is 2.41. The van der Waals surface area contributed by atoms with Crippen molar-refractivity contribution in [1.82, 2.24) is 0 Å². The Morgan fingerprint density at radius 3 is 2.30 bits per heavy atom. The minimum Gasteiger partial charge on any atom is -0.325 e. The van der Waals surface area contributed by atoms with Gasteiger partial charge >= 0.3 is 0 Å². The smallest absolute Gasteiger partial charge is 0.221 e. The van der Waals surface area contributed by atoms with Gasteiger partial charge in [0.2, 0.25) is 15.7 Å². The third kappa shape index (κ3) is 2.88. The molecule has 2 aromatic carbocycles. The van der Waals surface area contributed by atoms with Crippen molar-refractivity contribution in [3.8, 4) is 0 Å². The van der Waals surface area contributed by atoms with E-state index in [0.717, 1.165) is 5.56 Å². The van der Waals surface area contributed by atoms with E-state index in [0.29, 0.717) is 5.69 Å². The van der Waals surface area contributed by atoms with E-state index >= 15 is 0 Å². The van der Waals surface area contributed by atoms with Crippen molar-refractivity contribution in [1.29, 1.82) is 0 Å². The number of carbonyl (C=O) groups is 1. The summed E-state index contributed by atoms with van der Waals surface area (Å²) in [5.41, 5.74) is 1.11. The van der Waals surface area contributed by atoms with Crippen LogP contribution in [-0.2, 0) is 14.6 Å². The molecular weight excluding hydrogens is 274 g/mol. The first-order valence-corrected chi connectivity index (χ1v) is 7.58. The minimum absolute atomic E-state index is 0.110. The highest BCUT2D eigenvalue weighted by Crippen LogP contribution is 2.28. The lowest BCUT2D eigenvalue weighted by atomic mass is 10.2. The molecule has 2 rings (SSSR count). The van der Waals surface area contributed by atoms with Crippen LogP contribution in [0.1, 0.15) is 12.5 Å². The summed E-state index contributed by atoms with van der Waals surface area (Å²) in [5.74, 6) is -0.307. The first-order chi connectivity index (χ1) is 9.41. The van der Waals surface area contributed by atoms with Gasteiger partial charge in [0.15, 0.2) is 0 Å². The number of aryl methyl sites for hydroxylation is 1. The summed E-state index contributed by atoms with van der Waals surface area (Å²) in [4.78, 5) is 11.5. The summed E-state index contributed by atoms with van der Waals surface area (Å²) >= 11 is 0. The van der Waals surface area contributed by atoms with Crippen LogP contribution in [0.5, 0.6) is 0 Å². The molecular formula is C15H15NO3S. The van der Waals surface area contributed by atoms with Crippen molar-refractivity contribution >= 4 is 21.4 Å². The first kappa shape index (κ1) is 14.3. The molecule has 0 unspecified atom stereocenters. The molecule has 5 heteroatoms. The van der Waals surface area contributed by atoms with E-state index < -0.39 is 9.84 Å². The van der Waals surface area contributed by atoms with Crippen molar-refractivity contribution in [2.75, 3.05) is 5.32 Å². The molecule has 0 atom stereocenters. The van der Waals surface area contributed by atoms with E-state index in [1.807, 2.05) is 6.92 Å². The molecule has 1 amide bonds. The lowest BCUT2D eigenvalue weighted by Crippen LogP contribution is -2.11. The fraction of sp³-hybridized carbons (Fsp3) is 0.133. The second-order valence-electron chi connectivity index (χ2n) is 4.50. The van der Waals surface area contributed by atoms with Gasteiger partial charge in [0, 0.05) is 6.92 Å². The highest BCUT2D eigenvalue weighted by atomic mass is 32.2. The van der Waals surface area contributed by atoms with Crippen molar-refractivity contribution in [3.63, 3.8) is 0 Å². The summed E-state index contributed by atoms with van der Waals surface area (Å²) in [6, 6.07) is 13.1. The molecule has 0 fully saturated rings. The number of sulfone groups is 1. The van der Waals surface area contributed by atoms with Crippen LogP contribution >= 0.6 is 0 Å². The molecule has 0 aliphatic heterocycles. The third-order valence-corrected chi connectivity index (χ3v) is 4.60. The molecule has 0 aromatic heterocycles. The number of rotatable bonds is 3. The normalized spacial score (nSPS) is 11.1. The topological polar surface area (TPSA) is 63.2 Å². The van der Waals surface area contributed by atoms with Crippen LogP contribution in [-0.4, -0.2) is 14.3 Å². The predicted molar refractivity (Wildman–Crippen MR) is 77.4 cm³/mol. The van der Waals surface area contributed by atoms with Gasteiger partial charge in [-0.25, -0.2) is 8.42 Å². The van der Waals surface area contributed by atoms with Crippen molar-refractivity contribution in [2.45, 2.75) is 23.6 Å².